The summed E-state index contributed by atoms with van der Waals surface area (Å²) in [7, 11) is -13.2. The monoisotopic (exact) mass is 322 g/mol. The van der Waals surface area contributed by atoms with E-state index < -0.39 is 36.6 Å². The van der Waals surface area contributed by atoms with Crippen LogP contribution in [0.4, 0.5) is 0 Å². The van der Waals surface area contributed by atoms with Gasteiger partial charge in [0.1, 0.15) is 9.84 Å². The molecule has 0 unspecified atom stereocenters. The molecule has 1 saturated heterocycles. The van der Waals surface area contributed by atoms with Gasteiger partial charge in [-0.3, -0.25) is 0 Å². The van der Waals surface area contributed by atoms with Crippen molar-refractivity contribution in [2.45, 2.75) is 18.9 Å². The number of sulfone groups is 1. The fraction of sp³-hybridized carbons (Fsp3) is 0.833. The SMILES string of the molecule is O=P(O)(O)C(=NC1CCS(=O)(=O)CC1)[P+](O)(O)O. The number of rotatable bonds is 3. The Morgan fingerprint density at radius 2 is 1.61 bits per heavy atom. The molecule has 9 nitrogen and oxygen atoms in total. The highest BCUT2D eigenvalue weighted by Crippen LogP contribution is 2.60. The summed E-state index contributed by atoms with van der Waals surface area (Å²) in [5, 5.41) is -1.36. The summed E-state index contributed by atoms with van der Waals surface area (Å²) in [6.07, 6.45) is 0.0394. The predicted molar refractivity (Wildman–Crippen MR) is 64.7 cm³/mol. The minimum absolute atomic E-state index is 0.0197. The van der Waals surface area contributed by atoms with Crippen molar-refractivity contribution < 1.29 is 37.4 Å². The zero-order chi connectivity index (χ0) is 14.2. The van der Waals surface area contributed by atoms with Crippen LogP contribution < -0.4 is 0 Å². The van der Waals surface area contributed by atoms with Gasteiger partial charge in [-0.1, -0.05) is 0 Å². The van der Waals surface area contributed by atoms with E-state index in [9.17, 15) is 13.0 Å². The van der Waals surface area contributed by atoms with E-state index in [0.29, 0.717) is 0 Å². The van der Waals surface area contributed by atoms with Crippen molar-refractivity contribution >= 4 is 30.6 Å². The lowest BCUT2D eigenvalue weighted by molar-refractivity contribution is 0.348. The molecule has 0 aromatic carbocycles. The molecule has 0 aromatic heterocycles. The van der Waals surface area contributed by atoms with Gasteiger partial charge in [0, 0.05) is 0 Å². The Morgan fingerprint density at radius 1 is 1.17 bits per heavy atom. The third-order valence-electron chi connectivity index (χ3n) is 2.35. The van der Waals surface area contributed by atoms with Crippen LogP contribution in [0.1, 0.15) is 12.8 Å². The van der Waals surface area contributed by atoms with Gasteiger partial charge >= 0.3 is 20.7 Å². The first-order chi connectivity index (χ1) is 7.92. The van der Waals surface area contributed by atoms with Crippen molar-refractivity contribution in [1.82, 2.24) is 0 Å². The Labute approximate surface area is 104 Å². The third kappa shape index (κ3) is 4.64. The zero-order valence-corrected chi connectivity index (χ0v) is 11.7. The van der Waals surface area contributed by atoms with Gasteiger partial charge in [-0.15, -0.1) is 0 Å². The molecule has 1 aliphatic heterocycles. The van der Waals surface area contributed by atoms with Crippen molar-refractivity contribution in [1.29, 1.82) is 0 Å². The van der Waals surface area contributed by atoms with Crippen LogP contribution in [0.3, 0.4) is 0 Å². The van der Waals surface area contributed by atoms with Crippen LogP contribution >= 0.6 is 15.5 Å². The second-order valence-corrected chi connectivity index (χ2v) is 9.65. The van der Waals surface area contributed by atoms with Gasteiger partial charge in [-0.25, -0.2) is 18.0 Å². The summed E-state index contributed by atoms with van der Waals surface area (Å²) < 4.78 is 33.2. The molecule has 12 heteroatoms. The van der Waals surface area contributed by atoms with Crippen molar-refractivity contribution in [3.05, 3.63) is 0 Å². The maximum Gasteiger partial charge on any atom is 0.469 e. The van der Waals surface area contributed by atoms with Crippen molar-refractivity contribution in [2.24, 2.45) is 4.99 Å². The Kier molecular flexibility index (Phi) is 4.68. The smallest absolute Gasteiger partial charge is 0.317 e. The molecule has 0 amide bonds. The second kappa shape index (κ2) is 5.22. The van der Waals surface area contributed by atoms with Crippen LogP contribution in [0.25, 0.3) is 0 Å². The first kappa shape index (κ1) is 16.1. The highest BCUT2D eigenvalue weighted by atomic mass is 32.2. The number of hydrogen-bond donors (Lipinski definition) is 5. The van der Waals surface area contributed by atoms with Crippen LogP contribution in [-0.2, 0) is 14.4 Å². The van der Waals surface area contributed by atoms with Gasteiger partial charge in [0.15, 0.2) is 0 Å². The van der Waals surface area contributed by atoms with Crippen LogP contribution in [0.5, 0.6) is 0 Å². The Morgan fingerprint density at radius 3 is 1.94 bits per heavy atom. The molecule has 0 saturated carbocycles. The molecule has 106 valence electrons. The normalized spacial score (nSPS) is 23.1. The summed E-state index contributed by atoms with van der Waals surface area (Å²) in [6.45, 7) is 0. The summed E-state index contributed by atoms with van der Waals surface area (Å²) in [5.74, 6) is -0.382. The molecule has 1 fully saturated rings. The molecule has 0 aliphatic carbocycles. The third-order valence-corrected chi connectivity index (χ3v) is 6.94. The van der Waals surface area contributed by atoms with Gasteiger partial charge < -0.3 is 9.79 Å². The zero-order valence-electron chi connectivity index (χ0n) is 9.12. The minimum atomic E-state index is -5.10. The highest BCUT2D eigenvalue weighted by molar-refractivity contribution is 8.00. The lowest BCUT2D eigenvalue weighted by Crippen LogP contribution is -2.26. The molecule has 5 N–H and O–H groups in total. The lowest BCUT2D eigenvalue weighted by atomic mass is 10.2. The van der Waals surface area contributed by atoms with E-state index in [1.807, 2.05) is 0 Å². The van der Waals surface area contributed by atoms with E-state index in [0.717, 1.165) is 0 Å². The van der Waals surface area contributed by atoms with Crippen LogP contribution in [0.15, 0.2) is 4.99 Å². The van der Waals surface area contributed by atoms with E-state index in [-0.39, 0.29) is 24.3 Å². The molecular formula is C6H14NO8P2S+. The minimum Gasteiger partial charge on any atom is -0.317 e. The van der Waals surface area contributed by atoms with Crippen molar-refractivity contribution in [2.75, 3.05) is 11.5 Å². The van der Waals surface area contributed by atoms with Crippen molar-refractivity contribution in [3.8, 4) is 0 Å². The van der Waals surface area contributed by atoms with Crippen LogP contribution in [-0.4, -0.2) is 55.6 Å². The Bertz CT molecular complexity index is 474. The summed E-state index contributed by atoms with van der Waals surface area (Å²) in [5.41, 5.74) is 0. The van der Waals surface area contributed by atoms with Gasteiger partial charge in [-0.2, -0.15) is 14.7 Å². The Hall–Kier alpha value is 0.0800. The standard InChI is InChI=1S/C6H13NO8P2S/c8-16(9,10)6(17(11,12)13)7-5-1-3-18(14,15)4-2-5/h5,8-10H,1-4H2,(H-,11,12,13)/p+1. The second-order valence-electron chi connectivity index (χ2n) is 3.92. The van der Waals surface area contributed by atoms with Crippen molar-refractivity contribution in [3.63, 3.8) is 0 Å². The molecule has 0 bridgehead atoms. The molecule has 0 radical (unpaired) electrons. The first-order valence-electron chi connectivity index (χ1n) is 4.84. The van der Waals surface area contributed by atoms with Gasteiger partial charge in [0.25, 0.3) is 0 Å². The van der Waals surface area contributed by atoms with E-state index >= 15 is 0 Å². The summed E-state index contributed by atoms with van der Waals surface area (Å²) in [4.78, 5) is 47.9. The number of aliphatic imine (C=N–C) groups is 1. The average Bonchev–Trinajstić information content (AvgIpc) is 2.12. The number of nitrogens with zero attached hydrogens (tertiary/aromatic N) is 1. The average molecular weight is 322 g/mol. The molecular weight excluding hydrogens is 308 g/mol. The Balaban J connectivity index is 2.96. The highest BCUT2D eigenvalue weighted by Gasteiger charge is 2.52. The maximum atomic E-state index is 11.1. The van der Waals surface area contributed by atoms with E-state index in [2.05, 4.69) is 4.99 Å². The molecule has 1 aliphatic rings. The van der Waals surface area contributed by atoms with E-state index in [1.54, 1.807) is 0 Å². The van der Waals surface area contributed by atoms with Crippen LogP contribution in [0, 0.1) is 0 Å². The van der Waals surface area contributed by atoms with Gasteiger partial charge in [0.2, 0.25) is 0 Å². The largest absolute Gasteiger partial charge is 0.469 e. The van der Waals surface area contributed by atoms with Gasteiger partial charge in [-0.05, 0) is 12.8 Å². The molecule has 0 aromatic rings. The van der Waals surface area contributed by atoms with E-state index in [1.165, 1.54) is 0 Å². The molecule has 18 heavy (non-hydrogen) atoms. The lowest BCUT2D eigenvalue weighted by Gasteiger charge is -2.19. The number of hydrogen-bond acceptors (Lipinski definition) is 7. The summed E-state index contributed by atoms with van der Waals surface area (Å²) in [6, 6.07) is -0.762. The topological polar surface area (TPSA) is 165 Å². The maximum absolute atomic E-state index is 11.1. The predicted octanol–water partition coefficient (Wildman–Crippen LogP) is -1.16. The van der Waals surface area contributed by atoms with Gasteiger partial charge in [0.05, 0.1) is 17.5 Å². The fourth-order valence-electron chi connectivity index (χ4n) is 1.50. The quantitative estimate of drug-likeness (QED) is 0.320. The fourth-order valence-corrected chi connectivity index (χ4v) is 4.99. The molecule has 0 spiro atoms. The molecule has 1 heterocycles. The van der Waals surface area contributed by atoms with E-state index in [4.69, 9.17) is 24.5 Å². The molecule has 1 rings (SSSR count). The molecule has 0 atom stereocenters. The summed E-state index contributed by atoms with van der Waals surface area (Å²) >= 11 is 0. The van der Waals surface area contributed by atoms with Crippen LogP contribution in [0.2, 0.25) is 0 Å². The first-order valence-corrected chi connectivity index (χ1v) is 9.92.